The summed E-state index contributed by atoms with van der Waals surface area (Å²) in [5.74, 6) is -0.632. The average molecular weight is 213 g/mol. The summed E-state index contributed by atoms with van der Waals surface area (Å²) >= 11 is 0. The van der Waals surface area contributed by atoms with Crippen LogP contribution < -0.4 is 5.32 Å². The van der Waals surface area contributed by atoms with Crippen LogP contribution in [0.3, 0.4) is 0 Å². The molecule has 1 aliphatic rings. The molecular weight excluding hydrogens is 202 g/mol. The first-order valence-electron chi connectivity index (χ1n) is 4.98. The molecule has 0 saturated carbocycles. The Morgan fingerprint density at radius 3 is 2.25 bits per heavy atom. The molecule has 0 aromatic heterocycles. The third kappa shape index (κ3) is 1.93. The van der Waals surface area contributed by atoms with Crippen molar-refractivity contribution in [2.75, 3.05) is 0 Å². The summed E-state index contributed by atoms with van der Waals surface area (Å²) in [6.45, 7) is 1.64. The Morgan fingerprint density at radius 2 is 1.69 bits per heavy atom. The van der Waals surface area contributed by atoms with Gasteiger partial charge >= 0.3 is 0 Å². The predicted molar refractivity (Wildman–Crippen MR) is 61.3 cm³/mol. The van der Waals surface area contributed by atoms with Crippen LogP contribution in [-0.2, 0) is 9.59 Å². The molecule has 2 rings (SSSR count). The third-order valence-corrected chi connectivity index (χ3v) is 2.46. The molecule has 3 nitrogen and oxygen atoms in total. The molecule has 0 spiro atoms. The van der Waals surface area contributed by atoms with E-state index in [1.54, 1.807) is 13.0 Å². The molecule has 1 heterocycles. The highest BCUT2D eigenvalue weighted by atomic mass is 16.2. The van der Waals surface area contributed by atoms with Crippen LogP contribution in [0.4, 0.5) is 0 Å². The van der Waals surface area contributed by atoms with Gasteiger partial charge in [0.05, 0.1) is 0 Å². The van der Waals surface area contributed by atoms with E-state index in [2.05, 4.69) is 5.32 Å². The maximum Gasteiger partial charge on any atom is 0.258 e. The van der Waals surface area contributed by atoms with Crippen LogP contribution in [0, 0.1) is 0 Å². The molecule has 2 amide bonds. The van der Waals surface area contributed by atoms with Crippen molar-refractivity contribution < 1.29 is 9.59 Å². The SMILES string of the molecule is CC1=C(C=Cc2ccccc2)C(=O)NC1=O. The maximum absolute atomic E-state index is 11.4. The van der Waals surface area contributed by atoms with E-state index in [0.717, 1.165) is 5.56 Å². The van der Waals surface area contributed by atoms with Crippen LogP contribution in [0.1, 0.15) is 12.5 Å². The molecule has 0 fully saturated rings. The first kappa shape index (κ1) is 10.4. The normalized spacial score (nSPS) is 16.1. The lowest BCUT2D eigenvalue weighted by Gasteiger charge is -1.93. The van der Waals surface area contributed by atoms with Gasteiger partial charge in [0.2, 0.25) is 0 Å². The van der Waals surface area contributed by atoms with Crippen LogP contribution >= 0.6 is 0 Å². The number of hydrogen-bond acceptors (Lipinski definition) is 2. The maximum atomic E-state index is 11.4. The highest BCUT2D eigenvalue weighted by Crippen LogP contribution is 2.14. The number of amides is 2. The lowest BCUT2D eigenvalue weighted by Crippen LogP contribution is -2.22. The summed E-state index contributed by atoms with van der Waals surface area (Å²) in [5, 5.41) is 2.25. The summed E-state index contributed by atoms with van der Waals surface area (Å²) in [6, 6.07) is 9.62. The number of carbonyl (C=O) groups excluding carboxylic acids is 2. The van der Waals surface area contributed by atoms with Gasteiger partial charge in [0.25, 0.3) is 11.8 Å². The van der Waals surface area contributed by atoms with Crippen molar-refractivity contribution in [1.29, 1.82) is 0 Å². The van der Waals surface area contributed by atoms with Crippen LogP contribution in [0.25, 0.3) is 6.08 Å². The van der Waals surface area contributed by atoms with Gasteiger partial charge in [-0.15, -0.1) is 0 Å². The zero-order valence-electron chi connectivity index (χ0n) is 8.86. The topological polar surface area (TPSA) is 46.2 Å². The average Bonchev–Trinajstić information content (AvgIpc) is 2.53. The van der Waals surface area contributed by atoms with Crippen LogP contribution in [0.15, 0.2) is 47.6 Å². The zero-order valence-corrected chi connectivity index (χ0v) is 8.86. The summed E-state index contributed by atoms with van der Waals surface area (Å²) in [7, 11) is 0. The number of hydrogen-bond donors (Lipinski definition) is 1. The summed E-state index contributed by atoms with van der Waals surface area (Å²) in [5.41, 5.74) is 1.90. The van der Waals surface area contributed by atoms with Gasteiger partial charge in [-0.2, -0.15) is 0 Å². The lowest BCUT2D eigenvalue weighted by molar-refractivity contribution is -0.124. The van der Waals surface area contributed by atoms with Gasteiger partial charge in [0.15, 0.2) is 0 Å². The molecule has 1 N–H and O–H groups in total. The van der Waals surface area contributed by atoms with E-state index in [1.807, 2.05) is 36.4 Å². The van der Waals surface area contributed by atoms with E-state index in [9.17, 15) is 9.59 Å². The fourth-order valence-corrected chi connectivity index (χ4v) is 1.50. The van der Waals surface area contributed by atoms with Gasteiger partial charge in [-0.1, -0.05) is 36.4 Å². The number of imide groups is 1. The van der Waals surface area contributed by atoms with E-state index in [4.69, 9.17) is 0 Å². The second kappa shape index (κ2) is 4.14. The Morgan fingerprint density at radius 1 is 1.00 bits per heavy atom. The van der Waals surface area contributed by atoms with E-state index in [-0.39, 0.29) is 11.8 Å². The molecule has 0 atom stereocenters. The molecule has 3 heteroatoms. The minimum atomic E-state index is -0.324. The second-order valence-electron chi connectivity index (χ2n) is 3.57. The van der Waals surface area contributed by atoms with Crippen LogP contribution in [0.2, 0.25) is 0 Å². The standard InChI is InChI=1S/C13H11NO2/c1-9-11(13(16)14-12(9)15)8-7-10-5-3-2-4-6-10/h2-8H,1H3,(H,14,15,16). The molecule has 1 aliphatic heterocycles. The van der Waals surface area contributed by atoms with Gasteiger partial charge in [-0.3, -0.25) is 14.9 Å². The molecule has 0 bridgehead atoms. The largest absolute Gasteiger partial charge is 0.288 e. The first-order valence-corrected chi connectivity index (χ1v) is 4.98. The van der Waals surface area contributed by atoms with Crippen LogP contribution in [-0.4, -0.2) is 11.8 Å². The number of benzene rings is 1. The summed E-state index contributed by atoms with van der Waals surface area (Å²) < 4.78 is 0. The molecule has 1 aromatic rings. The summed E-state index contributed by atoms with van der Waals surface area (Å²) in [6.07, 6.45) is 3.49. The van der Waals surface area contributed by atoms with E-state index < -0.39 is 0 Å². The first-order chi connectivity index (χ1) is 7.68. The fraction of sp³-hybridized carbons (Fsp3) is 0.0769. The monoisotopic (exact) mass is 213 g/mol. The molecule has 1 aromatic carbocycles. The second-order valence-corrected chi connectivity index (χ2v) is 3.57. The van der Waals surface area contributed by atoms with Gasteiger partial charge in [0.1, 0.15) is 0 Å². The molecule has 0 saturated heterocycles. The lowest BCUT2D eigenvalue weighted by atomic mass is 10.1. The Hall–Kier alpha value is -2.16. The molecule has 0 aliphatic carbocycles. The van der Waals surface area contributed by atoms with E-state index in [1.165, 1.54) is 0 Å². The Balaban J connectivity index is 2.26. The van der Waals surface area contributed by atoms with Crippen molar-refractivity contribution in [3.05, 3.63) is 53.1 Å². The van der Waals surface area contributed by atoms with Gasteiger partial charge < -0.3 is 0 Å². The van der Waals surface area contributed by atoms with Crippen molar-refractivity contribution in [3.8, 4) is 0 Å². The Bertz CT molecular complexity index is 498. The molecular formula is C13H11NO2. The number of nitrogens with one attached hydrogen (secondary N) is 1. The minimum Gasteiger partial charge on any atom is -0.288 e. The van der Waals surface area contributed by atoms with Crippen LogP contribution in [0.5, 0.6) is 0 Å². The Labute approximate surface area is 93.5 Å². The quantitative estimate of drug-likeness (QED) is 0.759. The molecule has 16 heavy (non-hydrogen) atoms. The molecule has 0 unspecified atom stereocenters. The third-order valence-electron chi connectivity index (χ3n) is 2.46. The minimum absolute atomic E-state index is 0.308. The zero-order chi connectivity index (χ0) is 11.5. The van der Waals surface area contributed by atoms with Crippen molar-refractivity contribution in [3.63, 3.8) is 0 Å². The van der Waals surface area contributed by atoms with E-state index in [0.29, 0.717) is 11.1 Å². The number of carbonyl (C=O) groups is 2. The van der Waals surface area contributed by atoms with Gasteiger partial charge in [-0.05, 0) is 18.6 Å². The van der Waals surface area contributed by atoms with Gasteiger partial charge in [-0.25, -0.2) is 0 Å². The van der Waals surface area contributed by atoms with E-state index >= 15 is 0 Å². The Kier molecular flexibility index (Phi) is 2.68. The highest BCUT2D eigenvalue weighted by molar-refractivity contribution is 6.20. The predicted octanol–water partition coefficient (Wildman–Crippen LogP) is 1.67. The summed E-state index contributed by atoms with van der Waals surface area (Å²) in [4.78, 5) is 22.6. The molecule has 0 radical (unpaired) electrons. The number of rotatable bonds is 2. The molecule has 80 valence electrons. The van der Waals surface area contributed by atoms with Crippen molar-refractivity contribution >= 4 is 17.9 Å². The van der Waals surface area contributed by atoms with Crippen molar-refractivity contribution in [2.45, 2.75) is 6.92 Å². The fourth-order valence-electron chi connectivity index (χ4n) is 1.50. The van der Waals surface area contributed by atoms with Gasteiger partial charge in [0, 0.05) is 11.1 Å². The van der Waals surface area contributed by atoms with Crippen molar-refractivity contribution in [1.82, 2.24) is 5.32 Å². The smallest absolute Gasteiger partial charge is 0.258 e. The highest BCUT2D eigenvalue weighted by Gasteiger charge is 2.24. The van der Waals surface area contributed by atoms with Crippen molar-refractivity contribution in [2.24, 2.45) is 0 Å².